The fraction of sp³-hybridized carbons (Fsp3) is 0.286. The second kappa shape index (κ2) is 3.75. The van der Waals surface area contributed by atoms with Crippen molar-refractivity contribution >= 4 is 28.9 Å². The maximum atomic E-state index is 4.70. The zero-order valence-electron chi connectivity index (χ0n) is 5.04. The van der Waals surface area contributed by atoms with Crippen molar-refractivity contribution in [1.29, 1.82) is 0 Å². The molecule has 1 aromatic heterocycles. The molecule has 9 heavy (non-hydrogen) atoms. The van der Waals surface area contributed by atoms with Crippen LogP contribution in [-0.2, 0) is 6.42 Å². The monoisotopic (exact) mass is 156 g/mol. The Morgan fingerprint density at radius 2 is 2.56 bits per heavy atom. The summed E-state index contributed by atoms with van der Waals surface area (Å²) in [6.45, 7) is 0. The van der Waals surface area contributed by atoms with Gasteiger partial charge in [0.1, 0.15) is 0 Å². The Kier molecular flexibility index (Phi) is 2.87. The molecule has 0 aliphatic carbocycles. The number of hydrogen-bond donors (Lipinski definition) is 0. The third-order valence-corrected chi connectivity index (χ3v) is 2.10. The molecule has 0 aliphatic rings. The van der Waals surface area contributed by atoms with Gasteiger partial charge in [-0.15, -0.1) is 0 Å². The molecule has 0 aliphatic heterocycles. The Morgan fingerprint density at radius 1 is 1.67 bits per heavy atom. The van der Waals surface area contributed by atoms with Crippen molar-refractivity contribution in [3.8, 4) is 0 Å². The summed E-state index contributed by atoms with van der Waals surface area (Å²) in [5.41, 5.74) is 1.40. The minimum atomic E-state index is 1.02. The van der Waals surface area contributed by atoms with Crippen LogP contribution in [0.4, 0.5) is 0 Å². The van der Waals surface area contributed by atoms with Crippen LogP contribution >= 0.6 is 23.6 Å². The van der Waals surface area contributed by atoms with Gasteiger partial charge >= 0.3 is 0 Å². The summed E-state index contributed by atoms with van der Waals surface area (Å²) in [6.07, 6.45) is 2.12. The first-order valence-electron chi connectivity index (χ1n) is 2.88. The van der Waals surface area contributed by atoms with Gasteiger partial charge in [0.2, 0.25) is 0 Å². The van der Waals surface area contributed by atoms with Crippen LogP contribution < -0.4 is 0 Å². The van der Waals surface area contributed by atoms with Crippen LogP contribution in [-0.4, -0.2) is 5.37 Å². The third-order valence-electron chi connectivity index (χ3n) is 1.13. The SMILES string of the molecule is S=CCCc1ccsc1. The topological polar surface area (TPSA) is 0 Å². The lowest BCUT2D eigenvalue weighted by molar-refractivity contribution is 1.08. The van der Waals surface area contributed by atoms with Crippen molar-refractivity contribution in [3.63, 3.8) is 0 Å². The summed E-state index contributed by atoms with van der Waals surface area (Å²) in [5.74, 6) is 0. The van der Waals surface area contributed by atoms with Crippen LogP contribution in [0.5, 0.6) is 0 Å². The summed E-state index contributed by atoms with van der Waals surface area (Å²) in [4.78, 5) is 0. The van der Waals surface area contributed by atoms with Crippen LogP contribution in [0.1, 0.15) is 12.0 Å². The van der Waals surface area contributed by atoms with Crippen molar-refractivity contribution in [2.75, 3.05) is 0 Å². The van der Waals surface area contributed by atoms with E-state index in [0.29, 0.717) is 0 Å². The number of thiocarbonyl (C=S) groups is 1. The fourth-order valence-corrected chi connectivity index (χ4v) is 1.48. The molecule has 0 atom stereocenters. The van der Waals surface area contributed by atoms with Gasteiger partial charge in [-0.1, -0.05) is 12.2 Å². The van der Waals surface area contributed by atoms with Gasteiger partial charge in [0.15, 0.2) is 0 Å². The highest BCUT2D eigenvalue weighted by Crippen LogP contribution is 2.07. The second-order valence-electron chi connectivity index (χ2n) is 1.84. The van der Waals surface area contributed by atoms with Gasteiger partial charge in [0.25, 0.3) is 0 Å². The summed E-state index contributed by atoms with van der Waals surface area (Å²) in [5, 5.41) is 6.05. The van der Waals surface area contributed by atoms with Crippen molar-refractivity contribution in [2.45, 2.75) is 12.8 Å². The molecule has 0 saturated carbocycles. The van der Waals surface area contributed by atoms with E-state index in [9.17, 15) is 0 Å². The largest absolute Gasteiger partial charge is 0.152 e. The van der Waals surface area contributed by atoms with Crippen LogP contribution in [0, 0.1) is 0 Å². The highest BCUT2D eigenvalue weighted by Gasteiger charge is 1.88. The molecule has 2 heteroatoms. The summed E-state index contributed by atoms with van der Waals surface area (Å²) < 4.78 is 0. The van der Waals surface area contributed by atoms with E-state index in [0.717, 1.165) is 12.8 Å². The molecule has 48 valence electrons. The van der Waals surface area contributed by atoms with E-state index in [1.807, 2.05) is 0 Å². The van der Waals surface area contributed by atoms with Crippen LogP contribution in [0.15, 0.2) is 16.8 Å². The Bertz CT molecular complexity index is 165. The van der Waals surface area contributed by atoms with E-state index in [-0.39, 0.29) is 0 Å². The first-order chi connectivity index (χ1) is 4.43. The molecule has 1 aromatic rings. The Hall–Kier alpha value is -0.210. The Labute approximate surface area is 64.5 Å². The molecule has 1 heterocycles. The Balaban J connectivity index is 2.38. The number of rotatable bonds is 3. The molecule has 0 saturated heterocycles. The van der Waals surface area contributed by atoms with E-state index in [2.05, 4.69) is 16.8 Å². The molecule has 0 bridgehead atoms. The summed E-state index contributed by atoms with van der Waals surface area (Å²) >= 11 is 6.45. The average Bonchev–Trinajstić information content (AvgIpc) is 2.34. The summed E-state index contributed by atoms with van der Waals surface area (Å²) in [7, 11) is 0. The minimum absolute atomic E-state index is 1.02. The standard InChI is InChI=1S/C7H8S2/c8-4-1-2-7-3-5-9-6-7/h3-6H,1-2H2. The number of aryl methyl sites for hydroxylation is 1. The van der Waals surface area contributed by atoms with Gasteiger partial charge in [-0.2, -0.15) is 11.3 Å². The smallest absolute Gasteiger partial charge is 0.00611 e. The van der Waals surface area contributed by atoms with Crippen LogP contribution in [0.3, 0.4) is 0 Å². The molecular formula is C7H8S2. The van der Waals surface area contributed by atoms with E-state index in [4.69, 9.17) is 12.2 Å². The van der Waals surface area contributed by atoms with Gasteiger partial charge < -0.3 is 0 Å². The van der Waals surface area contributed by atoms with Crippen molar-refractivity contribution in [3.05, 3.63) is 22.4 Å². The van der Waals surface area contributed by atoms with Crippen LogP contribution in [0.25, 0.3) is 0 Å². The quantitative estimate of drug-likeness (QED) is 0.606. The predicted molar refractivity (Wildman–Crippen MR) is 46.3 cm³/mol. The first kappa shape index (κ1) is 6.90. The molecule has 0 N–H and O–H groups in total. The zero-order chi connectivity index (χ0) is 6.53. The molecule has 0 amide bonds. The van der Waals surface area contributed by atoms with Gasteiger partial charge in [0, 0.05) is 0 Å². The molecule has 1 rings (SSSR count). The van der Waals surface area contributed by atoms with E-state index in [1.165, 1.54) is 5.56 Å². The molecule has 0 nitrogen and oxygen atoms in total. The lowest BCUT2D eigenvalue weighted by atomic mass is 10.2. The minimum Gasteiger partial charge on any atom is -0.152 e. The first-order valence-corrected chi connectivity index (χ1v) is 4.29. The third kappa shape index (κ3) is 2.24. The average molecular weight is 156 g/mol. The lowest BCUT2D eigenvalue weighted by Crippen LogP contribution is -1.78. The van der Waals surface area contributed by atoms with Gasteiger partial charge in [-0.05, 0) is 40.6 Å². The Morgan fingerprint density at radius 3 is 3.11 bits per heavy atom. The maximum Gasteiger partial charge on any atom is -0.00611 e. The molecule has 0 spiro atoms. The molecule has 0 unspecified atom stereocenters. The molecule has 0 radical (unpaired) electrons. The highest BCUT2D eigenvalue weighted by molar-refractivity contribution is 7.78. The van der Waals surface area contributed by atoms with Crippen LogP contribution in [0.2, 0.25) is 0 Å². The normalized spacial score (nSPS) is 9.33. The molecule has 0 aromatic carbocycles. The maximum absolute atomic E-state index is 4.70. The van der Waals surface area contributed by atoms with E-state index in [1.54, 1.807) is 16.7 Å². The number of thiophene rings is 1. The van der Waals surface area contributed by atoms with Gasteiger partial charge in [-0.25, -0.2) is 0 Å². The van der Waals surface area contributed by atoms with E-state index < -0.39 is 0 Å². The van der Waals surface area contributed by atoms with Gasteiger partial charge in [-0.3, -0.25) is 0 Å². The van der Waals surface area contributed by atoms with Crippen molar-refractivity contribution in [2.24, 2.45) is 0 Å². The second-order valence-corrected chi connectivity index (χ2v) is 2.95. The van der Waals surface area contributed by atoms with Gasteiger partial charge in [0.05, 0.1) is 0 Å². The highest BCUT2D eigenvalue weighted by atomic mass is 32.1. The molecular weight excluding hydrogens is 148 g/mol. The lowest BCUT2D eigenvalue weighted by Gasteiger charge is -1.87. The summed E-state index contributed by atoms with van der Waals surface area (Å²) in [6, 6.07) is 2.14. The molecule has 0 fully saturated rings. The zero-order valence-corrected chi connectivity index (χ0v) is 6.67. The predicted octanol–water partition coefficient (Wildman–Crippen LogP) is 2.68. The van der Waals surface area contributed by atoms with Crippen molar-refractivity contribution in [1.82, 2.24) is 0 Å². The van der Waals surface area contributed by atoms with Crippen molar-refractivity contribution < 1.29 is 0 Å². The number of hydrogen-bond acceptors (Lipinski definition) is 2. The van der Waals surface area contributed by atoms with E-state index >= 15 is 0 Å². The fourth-order valence-electron chi connectivity index (χ4n) is 0.660.